The van der Waals surface area contributed by atoms with Gasteiger partial charge in [-0.05, 0) is 53.9 Å². The van der Waals surface area contributed by atoms with E-state index < -0.39 is 35.2 Å². The van der Waals surface area contributed by atoms with Gasteiger partial charge in [-0.1, -0.05) is 43.3 Å². The molecule has 0 bridgehead atoms. The zero-order valence-corrected chi connectivity index (χ0v) is 20.8. The molecule has 3 aromatic rings. The molecule has 1 N–H and O–H groups in total. The minimum absolute atomic E-state index is 0.178. The molecule has 0 aromatic heterocycles. The molecule has 3 aromatic carbocycles. The molecule has 38 heavy (non-hydrogen) atoms. The molecule has 1 fully saturated rings. The van der Waals surface area contributed by atoms with Gasteiger partial charge in [0.05, 0.1) is 30.9 Å². The maximum atomic E-state index is 13.3. The van der Waals surface area contributed by atoms with Crippen LogP contribution in [0, 0.1) is 0 Å². The zero-order chi connectivity index (χ0) is 27.4. The molecule has 9 heteroatoms. The molecule has 1 aliphatic heterocycles. The molecule has 4 rings (SSSR count). The first-order valence-electron chi connectivity index (χ1n) is 12.0. The Labute approximate surface area is 217 Å². The first-order chi connectivity index (χ1) is 18.1. The normalized spacial score (nSPS) is 17.1. The van der Waals surface area contributed by atoms with Crippen LogP contribution >= 0.6 is 0 Å². The van der Waals surface area contributed by atoms with Crippen molar-refractivity contribution in [2.24, 2.45) is 0 Å². The first kappa shape index (κ1) is 26.8. The van der Waals surface area contributed by atoms with E-state index in [9.17, 15) is 27.9 Å². The number of Topliss-reactive ketones (excluding diaryl/α,β-unsaturated/α-hetero) is 1. The number of halogens is 3. The number of hydrogen-bond acceptors (Lipinski definition) is 5. The van der Waals surface area contributed by atoms with Crippen molar-refractivity contribution in [1.82, 2.24) is 4.90 Å². The molecule has 1 aliphatic rings. The Balaban J connectivity index is 1.83. The second kappa shape index (κ2) is 11.0. The van der Waals surface area contributed by atoms with E-state index in [2.05, 4.69) is 0 Å². The average molecular weight is 526 g/mol. The summed E-state index contributed by atoms with van der Waals surface area (Å²) in [5.74, 6) is -1.36. The number of hydrogen-bond donors (Lipinski definition) is 1. The topological polar surface area (TPSA) is 76.1 Å². The Kier molecular flexibility index (Phi) is 7.75. The second-order valence-corrected chi connectivity index (χ2v) is 8.78. The summed E-state index contributed by atoms with van der Waals surface area (Å²) in [7, 11) is 1.46. The molecule has 6 nitrogen and oxygen atoms in total. The van der Waals surface area contributed by atoms with Crippen molar-refractivity contribution in [1.29, 1.82) is 0 Å². The number of likely N-dealkylation sites (tertiary alicyclic amines) is 1. The van der Waals surface area contributed by atoms with Crippen LogP contribution in [0.3, 0.4) is 0 Å². The molecule has 0 aliphatic carbocycles. The van der Waals surface area contributed by atoms with Gasteiger partial charge in [0.1, 0.15) is 17.3 Å². The van der Waals surface area contributed by atoms with Crippen LogP contribution in [0.15, 0.2) is 78.4 Å². The van der Waals surface area contributed by atoms with E-state index in [1.807, 2.05) is 6.92 Å². The summed E-state index contributed by atoms with van der Waals surface area (Å²) in [6.45, 7) is 2.12. The van der Waals surface area contributed by atoms with Crippen molar-refractivity contribution in [3.05, 3.63) is 101 Å². The molecular formula is C29H26F3NO5. The van der Waals surface area contributed by atoms with Crippen molar-refractivity contribution in [2.45, 2.75) is 32.1 Å². The highest BCUT2D eigenvalue weighted by Crippen LogP contribution is 2.41. The lowest BCUT2D eigenvalue weighted by molar-refractivity contribution is -0.140. The number of alkyl halides is 3. The number of aliphatic hydroxyl groups is 1. The van der Waals surface area contributed by atoms with Crippen LogP contribution in [0.4, 0.5) is 13.2 Å². The highest BCUT2D eigenvalue weighted by molar-refractivity contribution is 6.46. The number of amides is 1. The van der Waals surface area contributed by atoms with Gasteiger partial charge in [-0.25, -0.2) is 0 Å². The summed E-state index contributed by atoms with van der Waals surface area (Å²) in [6.07, 6.45) is -3.80. The summed E-state index contributed by atoms with van der Waals surface area (Å²) < 4.78 is 50.9. The van der Waals surface area contributed by atoms with E-state index >= 15 is 0 Å². The second-order valence-electron chi connectivity index (χ2n) is 8.78. The van der Waals surface area contributed by atoms with Crippen LogP contribution in [0.2, 0.25) is 0 Å². The molecule has 1 amide bonds. The van der Waals surface area contributed by atoms with Crippen LogP contribution in [0.25, 0.3) is 5.76 Å². The smallest absolute Gasteiger partial charge is 0.416 e. The number of rotatable bonds is 8. The maximum Gasteiger partial charge on any atom is 0.416 e. The molecule has 1 saturated heterocycles. The molecule has 198 valence electrons. The van der Waals surface area contributed by atoms with Gasteiger partial charge in [0.15, 0.2) is 0 Å². The van der Waals surface area contributed by atoms with Crippen LogP contribution in [-0.2, 0) is 22.3 Å². The SMILES string of the molecule is CCCOc1cccc(/C(O)=C2\C(=O)C(=O)N(Cc3cccc(C(F)(F)F)c3)C2c2cccc(OC)c2)c1. The Hall–Kier alpha value is -4.27. The highest BCUT2D eigenvalue weighted by Gasteiger charge is 2.46. The number of aliphatic hydroxyl groups excluding tert-OH is 1. The van der Waals surface area contributed by atoms with Gasteiger partial charge < -0.3 is 19.5 Å². The van der Waals surface area contributed by atoms with Crippen LogP contribution in [0.1, 0.15) is 41.6 Å². The number of ether oxygens (including phenoxy) is 2. The predicted octanol–water partition coefficient (Wildman–Crippen LogP) is 6.12. The molecule has 1 unspecified atom stereocenters. The zero-order valence-electron chi connectivity index (χ0n) is 20.8. The van der Waals surface area contributed by atoms with Gasteiger partial charge in [-0.3, -0.25) is 9.59 Å². The van der Waals surface area contributed by atoms with Crippen LogP contribution < -0.4 is 9.47 Å². The summed E-state index contributed by atoms with van der Waals surface area (Å²) in [6, 6.07) is 16.6. The number of ketones is 1. The monoisotopic (exact) mass is 525 g/mol. The standard InChI is InChI=1S/C29H26F3NO5/c1-3-13-38-23-12-6-9-20(16-23)26(34)24-25(19-8-5-11-22(15-19)37-2)33(28(36)27(24)35)17-18-7-4-10-21(14-18)29(30,31)32/h4-12,14-16,25,34H,3,13,17H2,1-2H3/b26-24+. The van der Waals surface area contributed by atoms with Crippen molar-refractivity contribution in [3.63, 3.8) is 0 Å². The van der Waals surface area contributed by atoms with Crippen molar-refractivity contribution >= 4 is 17.4 Å². The molecule has 0 saturated carbocycles. The van der Waals surface area contributed by atoms with Gasteiger partial charge >= 0.3 is 6.18 Å². The van der Waals surface area contributed by atoms with E-state index in [-0.39, 0.29) is 23.2 Å². The molecule has 1 atom stereocenters. The van der Waals surface area contributed by atoms with Gasteiger partial charge in [0, 0.05) is 12.1 Å². The molecule has 0 radical (unpaired) electrons. The van der Waals surface area contributed by atoms with Gasteiger partial charge in [-0.2, -0.15) is 13.2 Å². The van der Waals surface area contributed by atoms with E-state index in [0.29, 0.717) is 23.7 Å². The number of carbonyl (C=O) groups excluding carboxylic acids is 2. The van der Waals surface area contributed by atoms with Crippen LogP contribution in [-0.4, -0.2) is 35.4 Å². The molecule has 0 spiro atoms. The summed E-state index contributed by atoms with van der Waals surface area (Å²) in [5.41, 5.74) is -0.139. The molecular weight excluding hydrogens is 499 g/mol. The van der Waals surface area contributed by atoms with Crippen molar-refractivity contribution in [2.75, 3.05) is 13.7 Å². The first-order valence-corrected chi connectivity index (χ1v) is 12.0. The largest absolute Gasteiger partial charge is 0.507 e. The Morgan fingerprint density at radius 2 is 1.68 bits per heavy atom. The fourth-order valence-electron chi connectivity index (χ4n) is 4.35. The van der Waals surface area contributed by atoms with E-state index in [1.54, 1.807) is 48.5 Å². The van der Waals surface area contributed by atoms with Crippen LogP contribution in [0.5, 0.6) is 11.5 Å². The third-order valence-corrected chi connectivity index (χ3v) is 6.14. The van der Waals surface area contributed by atoms with E-state index in [4.69, 9.17) is 9.47 Å². The van der Waals surface area contributed by atoms with Gasteiger partial charge in [0.2, 0.25) is 0 Å². The summed E-state index contributed by atoms with van der Waals surface area (Å²) >= 11 is 0. The highest BCUT2D eigenvalue weighted by atomic mass is 19.4. The summed E-state index contributed by atoms with van der Waals surface area (Å²) in [5, 5.41) is 11.3. The number of methoxy groups -OCH3 is 1. The van der Waals surface area contributed by atoms with Gasteiger partial charge in [-0.15, -0.1) is 0 Å². The lowest BCUT2D eigenvalue weighted by Gasteiger charge is -2.26. The average Bonchev–Trinajstić information content (AvgIpc) is 3.16. The third kappa shape index (κ3) is 5.51. The summed E-state index contributed by atoms with van der Waals surface area (Å²) in [4.78, 5) is 27.7. The number of carbonyl (C=O) groups is 2. The minimum Gasteiger partial charge on any atom is -0.507 e. The third-order valence-electron chi connectivity index (χ3n) is 6.14. The Morgan fingerprint density at radius 1 is 0.974 bits per heavy atom. The minimum atomic E-state index is -4.57. The van der Waals surface area contributed by atoms with E-state index in [0.717, 1.165) is 23.5 Å². The predicted molar refractivity (Wildman–Crippen MR) is 135 cm³/mol. The lowest BCUT2D eigenvalue weighted by atomic mass is 9.95. The lowest BCUT2D eigenvalue weighted by Crippen LogP contribution is -2.29. The van der Waals surface area contributed by atoms with Crippen molar-refractivity contribution < 1.29 is 37.3 Å². The fourth-order valence-corrected chi connectivity index (χ4v) is 4.35. The van der Waals surface area contributed by atoms with Gasteiger partial charge in [0.25, 0.3) is 11.7 Å². The number of nitrogens with zero attached hydrogens (tertiary/aromatic N) is 1. The fraction of sp³-hybridized carbons (Fsp3) is 0.241. The Bertz CT molecular complexity index is 1380. The molecule has 1 heterocycles. The van der Waals surface area contributed by atoms with Crippen molar-refractivity contribution in [3.8, 4) is 11.5 Å². The Morgan fingerprint density at radius 3 is 2.39 bits per heavy atom. The number of benzene rings is 3. The van der Waals surface area contributed by atoms with E-state index in [1.165, 1.54) is 19.2 Å². The quantitative estimate of drug-likeness (QED) is 0.218. The maximum absolute atomic E-state index is 13.3.